The van der Waals surface area contributed by atoms with Crippen LogP contribution in [0.15, 0.2) is 29.3 Å². The minimum absolute atomic E-state index is 0.0642. The number of aromatic nitrogens is 1. The highest BCUT2D eigenvalue weighted by Gasteiger charge is 2.27. The predicted molar refractivity (Wildman–Crippen MR) is 90.9 cm³/mol. The lowest BCUT2D eigenvalue weighted by Gasteiger charge is -2.16. The second kappa shape index (κ2) is 6.26. The third kappa shape index (κ3) is 2.61. The monoisotopic (exact) mass is 312 g/mol. The number of aryl methyl sites for hydroxylation is 1. The highest BCUT2D eigenvalue weighted by atomic mass is 16.3. The van der Waals surface area contributed by atoms with Gasteiger partial charge in [0, 0.05) is 18.7 Å². The van der Waals surface area contributed by atoms with E-state index in [0.29, 0.717) is 31.2 Å². The van der Waals surface area contributed by atoms with Crippen molar-refractivity contribution in [3.63, 3.8) is 0 Å². The number of hydrogen-bond donors (Lipinski definition) is 3. The first-order chi connectivity index (χ1) is 11.2. The fourth-order valence-electron chi connectivity index (χ4n) is 2.94. The summed E-state index contributed by atoms with van der Waals surface area (Å²) >= 11 is 0. The molecule has 2 aromatic rings. The number of carbonyl (C=O) groups is 1. The molecule has 0 radical (unpaired) electrons. The van der Waals surface area contributed by atoms with E-state index in [0.717, 1.165) is 34.4 Å². The Morgan fingerprint density at radius 2 is 2.09 bits per heavy atom. The zero-order chi connectivity index (χ0) is 16.4. The molecule has 0 amide bonds. The number of amidine groups is 1. The maximum absolute atomic E-state index is 11.8. The summed E-state index contributed by atoms with van der Waals surface area (Å²) in [5.74, 6) is 1.23. The molecule has 1 aliphatic rings. The predicted octanol–water partition coefficient (Wildman–Crippen LogP) is 1.75. The molecule has 6 heteroatoms. The van der Waals surface area contributed by atoms with E-state index in [4.69, 9.17) is 10.8 Å². The van der Waals surface area contributed by atoms with Gasteiger partial charge in [0.2, 0.25) is 0 Å². The first kappa shape index (κ1) is 15.3. The number of nitrogens with two attached hydrogens (primary N) is 1. The number of anilines is 1. The van der Waals surface area contributed by atoms with E-state index in [2.05, 4.69) is 10.3 Å². The van der Waals surface area contributed by atoms with Gasteiger partial charge in [0.15, 0.2) is 6.29 Å². The number of nitrogens with zero attached hydrogens (tertiary/aromatic N) is 2. The van der Waals surface area contributed by atoms with Crippen molar-refractivity contribution in [2.24, 2.45) is 10.7 Å². The van der Waals surface area contributed by atoms with E-state index in [1.807, 2.05) is 35.8 Å². The van der Waals surface area contributed by atoms with Crippen LogP contribution in [0.4, 0.5) is 5.82 Å². The molecule has 120 valence electrons. The van der Waals surface area contributed by atoms with Crippen LogP contribution in [0.3, 0.4) is 0 Å². The van der Waals surface area contributed by atoms with Gasteiger partial charge in [0.1, 0.15) is 18.3 Å². The van der Waals surface area contributed by atoms with Crippen LogP contribution in [0.25, 0.3) is 11.1 Å². The molecule has 0 saturated heterocycles. The maximum atomic E-state index is 11.8. The van der Waals surface area contributed by atoms with E-state index in [9.17, 15) is 4.79 Å². The van der Waals surface area contributed by atoms with Crippen LogP contribution in [0.1, 0.15) is 28.0 Å². The summed E-state index contributed by atoms with van der Waals surface area (Å²) in [5.41, 5.74) is 10.3. The molecule has 4 N–H and O–H groups in total. The minimum atomic E-state index is 0.0642. The number of benzene rings is 1. The number of nitrogens with one attached hydrogen (secondary N) is 1. The molecule has 3 rings (SSSR count). The lowest BCUT2D eigenvalue weighted by Crippen LogP contribution is -2.23. The normalized spacial score (nSPS) is 13.2. The smallest absolute Gasteiger partial charge is 0.167 e. The van der Waals surface area contributed by atoms with Gasteiger partial charge in [0.05, 0.1) is 11.3 Å². The average Bonchev–Trinajstić information content (AvgIpc) is 2.88. The largest absolute Gasteiger partial charge is 0.396 e. The summed E-state index contributed by atoms with van der Waals surface area (Å²) in [5, 5.41) is 12.3. The van der Waals surface area contributed by atoms with E-state index in [1.165, 1.54) is 0 Å². The molecule has 1 aliphatic heterocycles. The lowest BCUT2D eigenvalue weighted by molar-refractivity contribution is 0.111. The van der Waals surface area contributed by atoms with E-state index >= 15 is 0 Å². The van der Waals surface area contributed by atoms with Crippen molar-refractivity contribution in [2.75, 3.05) is 18.6 Å². The summed E-state index contributed by atoms with van der Waals surface area (Å²) in [4.78, 5) is 16.0. The zero-order valence-corrected chi connectivity index (χ0v) is 13.0. The molecule has 0 atom stereocenters. The van der Waals surface area contributed by atoms with Crippen molar-refractivity contribution in [1.82, 2.24) is 4.57 Å². The molecule has 0 saturated carbocycles. The average molecular weight is 312 g/mol. The Labute approximate surface area is 134 Å². The number of hydrogen-bond acceptors (Lipinski definition) is 5. The van der Waals surface area contributed by atoms with Crippen molar-refractivity contribution < 1.29 is 9.90 Å². The SMILES string of the molecule is Cc1ccc(-c2c3c(n(CCCO)c2C=O)NCN=C3N)cc1. The summed E-state index contributed by atoms with van der Waals surface area (Å²) in [6, 6.07) is 7.97. The van der Waals surface area contributed by atoms with Crippen molar-refractivity contribution >= 4 is 17.9 Å². The third-order valence-electron chi connectivity index (χ3n) is 4.05. The molecule has 6 nitrogen and oxygen atoms in total. The van der Waals surface area contributed by atoms with Gasteiger partial charge in [0.25, 0.3) is 0 Å². The minimum Gasteiger partial charge on any atom is -0.396 e. The maximum Gasteiger partial charge on any atom is 0.167 e. The Kier molecular flexibility index (Phi) is 4.16. The Bertz CT molecular complexity index is 760. The van der Waals surface area contributed by atoms with Gasteiger partial charge in [-0.25, -0.2) is 4.99 Å². The number of aldehydes is 1. The highest BCUT2D eigenvalue weighted by Crippen LogP contribution is 2.36. The van der Waals surface area contributed by atoms with Gasteiger partial charge in [-0.15, -0.1) is 0 Å². The van der Waals surface area contributed by atoms with Crippen molar-refractivity contribution in [3.8, 4) is 11.1 Å². The molecule has 0 fully saturated rings. The fraction of sp³-hybridized carbons (Fsp3) is 0.294. The molecule has 23 heavy (non-hydrogen) atoms. The molecular weight excluding hydrogens is 292 g/mol. The molecule has 0 aliphatic carbocycles. The highest BCUT2D eigenvalue weighted by molar-refractivity contribution is 6.12. The van der Waals surface area contributed by atoms with Gasteiger partial charge in [-0.1, -0.05) is 29.8 Å². The Morgan fingerprint density at radius 1 is 1.35 bits per heavy atom. The summed E-state index contributed by atoms with van der Waals surface area (Å²) in [7, 11) is 0. The quantitative estimate of drug-likeness (QED) is 0.733. The van der Waals surface area contributed by atoms with Crippen LogP contribution in [-0.4, -0.2) is 35.1 Å². The van der Waals surface area contributed by atoms with Gasteiger partial charge in [-0.05, 0) is 18.9 Å². The molecular formula is C17H20N4O2. The van der Waals surface area contributed by atoms with Gasteiger partial charge in [-0.2, -0.15) is 0 Å². The van der Waals surface area contributed by atoms with Gasteiger partial charge < -0.3 is 20.7 Å². The van der Waals surface area contributed by atoms with Crippen LogP contribution in [0.2, 0.25) is 0 Å². The van der Waals surface area contributed by atoms with Gasteiger partial charge >= 0.3 is 0 Å². The van der Waals surface area contributed by atoms with Crippen LogP contribution >= 0.6 is 0 Å². The second-order valence-corrected chi connectivity index (χ2v) is 5.57. The Hall–Kier alpha value is -2.60. The van der Waals surface area contributed by atoms with Crippen LogP contribution in [0, 0.1) is 6.92 Å². The van der Waals surface area contributed by atoms with Crippen molar-refractivity contribution in [2.45, 2.75) is 19.9 Å². The molecule has 2 heterocycles. The van der Waals surface area contributed by atoms with E-state index < -0.39 is 0 Å². The third-order valence-corrected chi connectivity index (χ3v) is 4.05. The molecule has 0 bridgehead atoms. The summed E-state index contributed by atoms with van der Waals surface area (Å²) in [6.07, 6.45) is 1.41. The van der Waals surface area contributed by atoms with Crippen LogP contribution in [-0.2, 0) is 6.54 Å². The van der Waals surface area contributed by atoms with E-state index in [1.54, 1.807) is 0 Å². The second-order valence-electron chi connectivity index (χ2n) is 5.57. The summed E-state index contributed by atoms with van der Waals surface area (Å²) < 4.78 is 1.88. The molecule has 1 aromatic heterocycles. The first-order valence-electron chi connectivity index (χ1n) is 7.61. The number of fused-ring (bicyclic) bond motifs is 1. The van der Waals surface area contributed by atoms with Crippen LogP contribution in [0.5, 0.6) is 0 Å². The first-order valence-corrected chi connectivity index (χ1v) is 7.61. The van der Waals surface area contributed by atoms with Crippen LogP contribution < -0.4 is 11.1 Å². The number of aliphatic hydroxyl groups is 1. The standard InChI is InChI=1S/C17H20N4O2/c1-11-3-5-12(6-4-11)14-13(9-23)21(7-2-8-22)17-15(14)16(18)19-10-20-17/h3-6,9,20,22H,2,7-8,10H2,1H3,(H2,18,19). The zero-order valence-electron chi connectivity index (χ0n) is 13.0. The topological polar surface area (TPSA) is 92.6 Å². The molecule has 1 aromatic carbocycles. The number of rotatable bonds is 5. The number of aliphatic imine (C=N–C) groups is 1. The van der Waals surface area contributed by atoms with Crippen molar-refractivity contribution in [1.29, 1.82) is 0 Å². The lowest BCUT2D eigenvalue weighted by atomic mass is 9.99. The number of aliphatic hydroxyl groups excluding tert-OH is 1. The molecule has 0 spiro atoms. The van der Waals surface area contributed by atoms with E-state index in [-0.39, 0.29) is 6.61 Å². The van der Waals surface area contributed by atoms with Crippen molar-refractivity contribution in [3.05, 3.63) is 41.1 Å². The Balaban J connectivity index is 2.25. The molecule has 0 unspecified atom stereocenters. The Morgan fingerprint density at radius 3 is 2.74 bits per heavy atom. The van der Waals surface area contributed by atoms with Gasteiger partial charge in [-0.3, -0.25) is 4.79 Å². The summed E-state index contributed by atoms with van der Waals surface area (Å²) in [6.45, 7) is 3.00. The number of carbonyl (C=O) groups excluding carboxylic acids is 1. The fourth-order valence-corrected chi connectivity index (χ4v) is 2.94.